The van der Waals surface area contributed by atoms with Gasteiger partial charge in [-0.1, -0.05) is 0 Å². The molecule has 0 aromatic carbocycles. The lowest BCUT2D eigenvalue weighted by Crippen LogP contribution is -2.28. The number of hydrogen-bond acceptors (Lipinski definition) is 2. The van der Waals surface area contributed by atoms with Crippen LogP contribution in [0.3, 0.4) is 0 Å². The van der Waals surface area contributed by atoms with Gasteiger partial charge in [0.1, 0.15) is 0 Å². The van der Waals surface area contributed by atoms with Crippen LogP contribution < -0.4 is 0 Å². The van der Waals surface area contributed by atoms with E-state index >= 15 is 0 Å². The second-order valence-electron chi connectivity index (χ2n) is 3.94. The zero-order chi connectivity index (χ0) is 9.84. The van der Waals surface area contributed by atoms with Gasteiger partial charge in [0.05, 0.1) is 0 Å². The molecule has 0 N–H and O–H groups in total. The molecule has 3 heteroatoms. The van der Waals surface area contributed by atoms with E-state index in [1.165, 1.54) is 0 Å². The van der Waals surface area contributed by atoms with E-state index in [1.807, 2.05) is 14.1 Å². The average molecular weight is 183 g/mol. The third kappa shape index (κ3) is 2.99. The first kappa shape index (κ1) is 10.5. The summed E-state index contributed by atoms with van der Waals surface area (Å²) in [5.74, 6) is 0.236. The van der Waals surface area contributed by atoms with Crippen molar-refractivity contribution in [2.45, 2.75) is 25.3 Å². The zero-order valence-electron chi connectivity index (χ0n) is 8.79. The Hall–Kier alpha value is -0.570. The Morgan fingerprint density at radius 2 is 2.31 bits per heavy atom. The Balaban J connectivity index is 2.22. The molecular weight excluding hydrogens is 164 g/mol. The highest BCUT2D eigenvalue weighted by atomic mass is 16.2. The van der Waals surface area contributed by atoms with Crippen LogP contribution in [0.2, 0.25) is 0 Å². The van der Waals surface area contributed by atoms with Gasteiger partial charge in [0, 0.05) is 33.1 Å². The normalized spacial score (nSPS) is 23.5. The number of carbonyl (C=O) groups is 1. The average Bonchev–Trinajstić information content (AvgIpc) is 2.47. The fourth-order valence-corrected chi connectivity index (χ4v) is 1.65. The second-order valence-corrected chi connectivity index (χ2v) is 3.94. The molecule has 1 rings (SSSR count). The molecule has 1 unspecified atom stereocenters. The van der Waals surface area contributed by atoms with Crippen molar-refractivity contribution in [3.8, 4) is 0 Å². The van der Waals surface area contributed by atoms with Crippen molar-refractivity contribution in [2.24, 2.45) is 0 Å². The van der Waals surface area contributed by atoms with Gasteiger partial charge < -0.3 is 9.80 Å². The van der Waals surface area contributed by atoms with Gasteiger partial charge in [-0.15, -0.1) is 0 Å². The lowest BCUT2D eigenvalue weighted by atomic mass is 10.1. The lowest BCUT2D eigenvalue weighted by Gasteiger charge is -2.19. The SMILES string of the molecule is CN(C)C(=O)CCC1C[CH]CN1C. The van der Waals surface area contributed by atoms with Gasteiger partial charge in [-0.2, -0.15) is 0 Å². The summed E-state index contributed by atoms with van der Waals surface area (Å²) in [6, 6.07) is 0.587. The standard InChI is InChI=1S/C10H19N2O/c1-11(2)10(13)7-6-9-5-4-8-12(9)3/h4,9H,5-8H2,1-3H3. The summed E-state index contributed by atoms with van der Waals surface area (Å²) >= 11 is 0. The zero-order valence-corrected chi connectivity index (χ0v) is 8.79. The van der Waals surface area contributed by atoms with Gasteiger partial charge in [0.25, 0.3) is 0 Å². The minimum absolute atomic E-state index is 0.236. The predicted molar refractivity (Wildman–Crippen MR) is 53.3 cm³/mol. The molecule has 0 aromatic rings. The maximum absolute atomic E-state index is 11.3. The second kappa shape index (κ2) is 4.61. The van der Waals surface area contributed by atoms with Crippen molar-refractivity contribution in [1.29, 1.82) is 0 Å². The molecule has 1 fully saturated rings. The van der Waals surface area contributed by atoms with Crippen LogP contribution in [0.5, 0.6) is 0 Å². The Bertz CT molecular complexity index is 180. The number of hydrogen-bond donors (Lipinski definition) is 0. The summed E-state index contributed by atoms with van der Waals surface area (Å²) in [5.41, 5.74) is 0. The molecule has 3 nitrogen and oxygen atoms in total. The number of rotatable bonds is 3. The smallest absolute Gasteiger partial charge is 0.222 e. The molecule has 75 valence electrons. The van der Waals surface area contributed by atoms with Crippen LogP contribution in [-0.2, 0) is 4.79 Å². The van der Waals surface area contributed by atoms with E-state index in [4.69, 9.17) is 0 Å². The summed E-state index contributed by atoms with van der Waals surface area (Å²) in [7, 11) is 5.74. The Morgan fingerprint density at radius 1 is 1.62 bits per heavy atom. The molecule has 1 atom stereocenters. The van der Waals surface area contributed by atoms with Gasteiger partial charge in [0.15, 0.2) is 0 Å². The largest absolute Gasteiger partial charge is 0.349 e. The monoisotopic (exact) mass is 183 g/mol. The topological polar surface area (TPSA) is 23.6 Å². The first-order valence-electron chi connectivity index (χ1n) is 4.83. The van der Waals surface area contributed by atoms with E-state index in [-0.39, 0.29) is 5.91 Å². The summed E-state index contributed by atoms with van der Waals surface area (Å²) in [6.45, 7) is 1.07. The van der Waals surface area contributed by atoms with Gasteiger partial charge >= 0.3 is 0 Å². The first-order chi connectivity index (χ1) is 6.11. The van der Waals surface area contributed by atoms with E-state index in [1.54, 1.807) is 4.90 Å². The molecule has 13 heavy (non-hydrogen) atoms. The minimum Gasteiger partial charge on any atom is -0.349 e. The predicted octanol–water partition coefficient (Wildman–Crippen LogP) is 0.763. The summed E-state index contributed by atoms with van der Waals surface area (Å²) in [5, 5.41) is 0. The Labute approximate surface area is 80.7 Å². The molecule has 0 aromatic heterocycles. The van der Waals surface area contributed by atoms with Crippen LogP contribution in [0.4, 0.5) is 0 Å². The minimum atomic E-state index is 0.236. The molecule has 1 aliphatic heterocycles. The number of likely N-dealkylation sites (tertiary alicyclic amines) is 1. The van der Waals surface area contributed by atoms with Crippen LogP contribution >= 0.6 is 0 Å². The van der Waals surface area contributed by atoms with E-state index in [9.17, 15) is 4.79 Å². The van der Waals surface area contributed by atoms with E-state index < -0.39 is 0 Å². The van der Waals surface area contributed by atoms with E-state index in [2.05, 4.69) is 18.4 Å². The number of carbonyl (C=O) groups excluding carboxylic acids is 1. The van der Waals surface area contributed by atoms with E-state index in [0.29, 0.717) is 12.5 Å². The van der Waals surface area contributed by atoms with Crippen molar-refractivity contribution in [3.05, 3.63) is 6.42 Å². The lowest BCUT2D eigenvalue weighted by molar-refractivity contribution is -0.129. The molecule has 0 bridgehead atoms. The summed E-state index contributed by atoms with van der Waals surface area (Å²) in [6.07, 6.45) is 5.09. The molecule has 0 saturated carbocycles. The third-order valence-corrected chi connectivity index (χ3v) is 2.67. The maximum atomic E-state index is 11.3. The summed E-state index contributed by atoms with van der Waals surface area (Å²) < 4.78 is 0. The fourth-order valence-electron chi connectivity index (χ4n) is 1.65. The van der Waals surface area contributed by atoms with E-state index in [0.717, 1.165) is 19.4 Å². The van der Waals surface area contributed by atoms with Crippen LogP contribution in [0.15, 0.2) is 0 Å². The van der Waals surface area contributed by atoms with Crippen molar-refractivity contribution in [2.75, 3.05) is 27.7 Å². The molecule has 1 heterocycles. The number of amides is 1. The highest BCUT2D eigenvalue weighted by molar-refractivity contribution is 5.75. The van der Waals surface area contributed by atoms with Crippen LogP contribution in [0.25, 0.3) is 0 Å². The fraction of sp³-hybridized carbons (Fsp3) is 0.800. The van der Waals surface area contributed by atoms with Crippen molar-refractivity contribution in [1.82, 2.24) is 9.80 Å². The number of nitrogens with zero attached hydrogens (tertiary/aromatic N) is 2. The van der Waals surface area contributed by atoms with Crippen LogP contribution in [0.1, 0.15) is 19.3 Å². The van der Waals surface area contributed by atoms with Gasteiger partial charge in [0.2, 0.25) is 5.91 Å². The van der Waals surface area contributed by atoms with Gasteiger partial charge in [-0.05, 0) is 26.3 Å². The maximum Gasteiger partial charge on any atom is 0.222 e. The molecule has 0 spiro atoms. The molecule has 0 aliphatic carbocycles. The van der Waals surface area contributed by atoms with Gasteiger partial charge in [-0.25, -0.2) is 0 Å². The van der Waals surface area contributed by atoms with Gasteiger partial charge in [-0.3, -0.25) is 4.79 Å². The highest BCUT2D eigenvalue weighted by Crippen LogP contribution is 2.18. The molecule has 1 radical (unpaired) electrons. The quantitative estimate of drug-likeness (QED) is 0.645. The molecular formula is C10H19N2O. The molecule has 1 aliphatic rings. The molecule has 1 amide bonds. The van der Waals surface area contributed by atoms with Crippen LogP contribution in [0, 0.1) is 6.42 Å². The first-order valence-corrected chi connectivity index (χ1v) is 4.83. The Morgan fingerprint density at radius 3 is 2.77 bits per heavy atom. The Kier molecular flexibility index (Phi) is 3.72. The third-order valence-electron chi connectivity index (χ3n) is 2.67. The van der Waals surface area contributed by atoms with Crippen molar-refractivity contribution in [3.63, 3.8) is 0 Å². The highest BCUT2D eigenvalue weighted by Gasteiger charge is 2.21. The van der Waals surface area contributed by atoms with Crippen molar-refractivity contribution < 1.29 is 4.79 Å². The summed E-state index contributed by atoms with van der Waals surface area (Å²) in [4.78, 5) is 15.3. The van der Waals surface area contributed by atoms with Crippen molar-refractivity contribution >= 4 is 5.91 Å². The van der Waals surface area contributed by atoms with Crippen LogP contribution in [-0.4, -0.2) is 49.4 Å². The molecule has 1 saturated heterocycles.